The first kappa shape index (κ1) is 24.1. The highest BCUT2D eigenvalue weighted by molar-refractivity contribution is 6.19. The second-order valence-electron chi connectivity index (χ2n) is 8.06. The van der Waals surface area contributed by atoms with Crippen molar-refractivity contribution in [3.05, 3.63) is 11.3 Å². The number of Topliss-reactive ketones (excluding diaryl/α,β-unsaturated/α-hetero) is 1. The Labute approximate surface area is 166 Å². The van der Waals surface area contributed by atoms with Gasteiger partial charge in [-0.15, -0.1) is 0 Å². The molecular formula is C21H34O7. The van der Waals surface area contributed by atoms with Gasteiger partial charge in [-0.3, -0.25) is 9.59 Å². The number of cyclic esters (lactones) is 1. The summed E-state index contributed by atoms with van der Waals surface area (Å²) in [6.07, 6.45) is 1.99. The first-order valence-electron chi connectivity index (χ1n) is 10.2. The third kappa shape index (κ3) is 6.93. The number of carbonyl (C=O) groups is 3. The molecule has 1 saturated heterocycles. The van der Waals surface area contributed by atoms with Crippen molar-refractivity contribution in [2.45, 2.75) is 84.8 Å². The fourth-order valence-electron chi connectivity index (χ4n) is 3.46. The van der Waals surface area contributed by atoms with Crippen molar-refractivity contribution in [2.24, 2.45) is 17.8 Å². The first-order chi connectivity index (χ1) is 13.1. The third-order valence-electron chi connectivity index (χ3n) is 5.60. The van der Waals surface area contributed by atoms with E-state index in [-0.39, 0.29) is 36.0 Å². The molecule has 0 aromatic rings. The van der Waals surface area contributed by atoms with Gasteiger partial charge in [-0.05, 0) is 31.6 Å². The summed E-state index contributed by atoms with van der Waals surface area (Å²) in [5, 5.41) is 29.7. The van der Waals surface area contributed by atoms with Gasteiger partial charge in [0.05, 0.1) is 12.0 Å². The van der Waals surface area contributed by atoms with E-state index < -0.39 is 35.8 Å². The van der Waals surface area contributed by atoms with Crippen molar-refractivity contribution in [2.75, 3.05) is 0 Å². The predicted octanol–water partition coefficient (Wildman–Crippen LogP) is 3.40. The highest BCUT2D eigenvalue weighted by Crippen LogP contribution is 2.26. The van der Waals surface area contributed by atoms with Crippen LogP contribution in [0.4, 0.5) is 0 Å². The van der Waals surface area contributed by atoms with E-state index in [1.54, 1.807) is 6.92 Å². The monoisotopic (exact) mass is 398 g/mol. The molecule has 0 spiro atoms. The summed E-state index contributed by atoms with van der Waals surface area (Å²) in [5.41, 5.74) is -0.243. The topological polar surface area (TPSA) is 121 Å². The minimum atomic E-state index is -0.980. The van der Waals surface area contributed by atoms with E-state index in [2.05, 4.69) is 0 Å². The number of carboxylic acid groups (broad SMARTS) is 1. The van der Waals surface area contributed by atoms with Crippen LogP contribution < -0.4 is 0 Å². The number of hydrogen-bond donors (Lipinski definition) is 3. The molecule has 1 fully saturated rings. The molecule has 0 radical (unpaired) electrons. The van der Waals surface area contributed by atoms with Crippen LogP contribution in [0.1, 0.15) is 72.6 Å². The summed E-state index contributed by atoms with van der Waals surface area (Å²) in [6.45, 7) is 7.37. The van der Waals surface area contributed by atoms with Crippen LogP contribution in [0.2, 0.25) is 0 Å². The summed E-state index contributed by atoms with van der Waals surface area (Å²) in [4.78, 5) is 35.2. The number of ketones is 1. The number of ether oxygens (including phenoxy) is 1. The Morgan fingerprint density at radius 2 is 1.82 bits per heavy atom. The molecule has 7 nitrogen and oxygen atoms in total. The predicted molar refractivity (Wildman–Crippen MR) is 104 cm³/mol. The molecule has 0 amide bonds. The lowest BCUT2D eigenvalue weighted by Crippen LogP contribution is -2.33. The molecule has 0 bridgehead atoms. The van der Waals surface area contributed by atoms with Crippen LogP contribution in [0.25, 0.3) is 0 Å². The average molecular weight is 398 g/mol. The summed E-state index contributed by atoms with van der Waals surface area (Å²) in [7, 11) is 0. The number of carboxylic acids is 1. The quantitative estimate of drug-likeness (QED) is 0.211. The second kappa shape index (κ2) is 11.2. The zero-order valence-electron chi connectivity index (χ0n) is 17.3. The summed E-state index contributed by atoms with van der Waals surface area (Å²) >= 11 is 0. The van der Waals surface area contributed by atoms with Crippen LogP contribution >= 0.6 is 0 Å². The Morgan fingerprint density at radius 3 is 2.36 bits per heavy atom. The van der Waals surface area contributed by atoms with Crippen molar-refractivity contribution in [3.8, 4) is 0 Å². The normalized spacial score (nSPS) is 23.5. The summed E-state index contributed by atoms with van der Waals surface area (Å²) in [5.74, 6) is -3.05. The smallest absolute Gasteiger partial charge is 0.345 e. The molecule has 1 aliphatic heterocycles. The number of esters is 1. The molecule has 5 unspecified atom stereocenters. The number of hydrogen-bond acceptors (Lipinski definition) is 6. The highest BCUT2D eigenvalue weighted by Gasteiger charge is 2.33. The van der Waals surface area contributed by atoms with E-state index in [0.717, 1.165) is 12.8 Å². The molecule has 1 heterocycles. The van der Waals surface area contributed by atoms with Gasteiger partial charge >= 0.3 is 11.9 Å². The maximum atomic E-state index is 12.0. The molecule has 0 aromatic heterocycles. The number of aliphatic hydroxyl groups is 2. The summed E-state index contributed by atoms with van der Waals surface area (Å²) in [6, 6.07) is 0. The Morgan fingerprint density at radius 1 is 1.18 bits per heavy atom. The maximum absolute atomic E-state index is 12.0. The van der Waals surface area contributed by atoms with Gasteiger partial charge in [-0.2, -0.15) is 0 Å². The van der Waals surface area contributed by atoms with Crippen molar-refractivity contribution in [3.63, 3.8) is 0 Å². The number of aliphatic carboxylic acids is 1. The third-order valence-corrected chi connectivity index (χ3v) is 5.60. The van der Waals surface area contributed by atoms with Crippen molar-refractivity contribution in [1.29, 1.82) is 0 Å². The zero-order chi connectivity index (χ0) is 21.4. The SMILES string of the molecule is CCC(C)C(O)C(CCCC(C)CCC(O)=C1C(=O)CC(C)OC1=O)C(=O)O. The van der Waals surface area contributed by atoms with Crippen LogP contribution in [0, 0.1) is 17.8 Å². The molecule has 5 atom stereocenters. The molecular weight excluding hydrogens is 364 g/mol. The van der Waals surface area contributed by atoms with Crippen molar-refractivity contribution in [1.82, 2.24) is 0 Å². The molecule has 1 rings (SSSR count). The average Bonchev–Trinajstić information content (AvgIpc) is 2.61. The minimum absolute atomic E-state index is 0.0717. The number of carbonyl (C=O) groups excluding carboxylic acids is 2. The van der Waals surface area contributed by atoms with Gasteiger partial charge in [0.1, 0.15) is 17.4 Å². The Bertz CT molecular complexity index is 576. The largest absolute Gasteiger partial charge is 0.511 e. The molecule has 0 aromatic carbocycles. The molecule has 160 valence electrons. The highest BCUT2D eigenvalue weighted by atomic mass is 16.5. The van der Waals surface area contributed by atoms with Gasteiger partial charge in [0.25, 0.3) is 0 Å². The van der Waals surface area contributed by atoms with Gasteiger partial charge in [0.2, 0.25) is 0 Å². The van der Waals surface area contributed by atoms with E-state index >= 15 is 0 Å². The summed E-state index contributed by atoms with van der Waals surface area (Å²) < 4.78 is 5.00. The van der Waals surface area contributed by atoms with Gasteiger partial charge in [-0.25, -0.2) is 4.79 Å². The second-order valence-corrected chi connectivity index (χ2v) is 8.06. The zero-order valence-corrected chi connectivity index (χ0v) is 17.3. The van der Waals surface area contributed by atoms with Crippen molar-refractivity contribution >= 4 is 17.7 Å². The van der Waals surface area contributed by atoms with Crippen LogP contribution in [0.3, 0.4) is 0 Å². The lowest BCUT2D eigenvalue weighted by atomic mass is 9.85. The van der Waals surface area contributed by atoms with Gasteiger partial charge in [-0.1, -0.05) is 40.0 Å². The first-order valence-corrected chi connectivity index (χ1v) is 10.2. The van der Waals surface area contributed by atoms with Crippen molar-refractivity contribution < 1.29 is 34.4 Å². The van der Waals surface area contributed by atoms with Crippen LogP contribution in [0.15, 0.2) is 11.3 Å². The minimum Gasteiger partial charge on any atom is -0.511 e. The van der Waals surface area contributed by atoms with Gasteiger partial charge in [0, 0.05) is 12.8 Å². The van der Waals surface area contributed by atoms with Crippen LogP contribution in [0.5, 0.6) is 0 Å². The lowest BCUT2D eigenvalue weighted by Gasteiger charge is -2.24. The number of rotatable bonds is 11. The molecule has 0 saturated carbocycles. The van der Waals surface area contributed by atoms with E-state index in [0.29, 0.717) is 19.3 Å². The molecule has 3 N–H and O–H groups in total. The molecule has 28 heavy (non-hydrogen) atoms. The Hall–Kier alpha value is -1.89. The van der Waals surface area contributed by atoms with E-state index in [1.807, 2.05) is 20.8 Å². The lowest BCUT2D eigenvalue weighted by molar-refractivity contribution is -0.150. The Kier molecular flexibility index (Phi) is 9.65. The molecule has 0 aliphatic carbocycles. The van der Waals surface area contributed by atoms with E-state index in [9.17, 15) is 29.7 Å². The van der Waals surface area contributed by atoms with Crippen LogP contribution in [-0.4, -0.2) is 45.2 Å². The number of aliphatic hydroxyl groups excluding tert-OH is 2. The standard InChI is InChI=1S/C21H34O7/c1-5-13(3)19(24)15(20(25)26)8-6-7-12(2)9-10-16(22)18-17(23)11-14(4)28-21(18)27/h12-15,19,22,24H,5-11H2,1-4H3,(H,25,26). The van der Waals surface area contributed by atoms with Crippen LogP contribution in [-0.2, 0) is 19.1 Å². The number of allylic oxidation sites excluding steroid dienone is 1. The Balaban J connectivity index is 2.51. The van der Waals surface area contributed by atoms with E-state index in [1.165, 1.54) is 0 Å². The maximum Gasteiger partial charge on any atom is 0.345 e. The fourth-order valence-corrected chi connectivity index (χ4v) is 3.46. The molecule has 1 aliphatic rings. The van der Waals surface area contributed by atoms with Gasteiger partial charge < -0.3 is 20.1 Å². The molecule has 7 heteroatoms. The van der Waals surface area contributed by atoms with Gasteiger partial charge in [0.15, 0.2) is 5.78 Å². The van der Waals surface area contributed by atoms with E-state index in [4.69, 9.17) is 4.74 Å². The fraction of sp³-hybridized carbons (Fsp3) is 0.762.